The first-order chi connectivity index (χ1) is 18.3. The highest BCUT2D eigenvalue weighted by Crippen LogP contribution is 2.31. The van der Waals surface area contributed by atoms with Crippen molar-refractivity contribution in [2.45, 2.75) is 58.9 Å². The van der Waals surface area contributed by atoms with Crippen LogP contribution in [0.3, 0.4) is 0 Å². The summed E-state index contributed by atoms with van der Waals surface area (Å²) in [4.78, 5) is 15.5. The Labute approximate surface area is 229 Å². The average molecular weight is 531 g/mol. The third-order valence-corrected chi connectivity index (χ3v) is 9.76. The number of nitrogens with one attached hydrogen (secondary N) is 1. The zero-order valence-corrected chi connectivity index (χ0v) is 24.3. The molecule has 4 rings (SSSR count). The highest BCUT2D eigenvalue weighted by molar-refractivity contribution is 6.80. The summed E-state index contributed by atoms with van der Waals surface area (Å²) in [5.74, 6) is 0.139. The summed E-state index contributed by atoms with van der Waals surface area (Å²) in [6.07, 6.45) is 0.562. The van der Waals surface area contributed by atoms with E-state index in [4.69, 9.17) is 9.16 Å². The van der Waals surface area contributed by atoms with Crippen LogP contribution in [0.1, 0.15) is 39.7 Å². The molecular weight excluding hydrogens is 488 g/mol. The molecule has 6 heteroatoms. The largest absolute Gasteiger partial charge is 0.405 e. The molecule has 3 aromatic carbocycles. The predicted octanol–water partition coefficient (Wildman–Crippen LogP) is 3.75. The van der Waals surface area contributed by atoms with Crippen LogP contribution in [0.2, 0.25) is 0 Å². The van der Waals surface area contributed by atoms with E-state index in [0.29, 0.717) is 19.8 Å². The minimum atomic E-state index is -2.04. The van der Waals surface area contributed by atoms with Gasteiger partial charge in [-0.15, -0.1) is 0 Å². The van der Waals surface area contributed by atoms with Crippen LogP contribution in [0, 0.1) is 5.41 Å². The van der Waals surface area contributed by atoms with Gasteiger partial charge in [-0.05, 0) is 34.7 Å². The fourth-order valence-electron chi connectivity index (χ4n) is 5.24. The molecule has 0 spiro atoms. The minimum Gasteiger partial charge on any atom is -0.405 e. The van der Waals surface area contributed by atoms with Crippen molar-refractivity contribution in [3.05, 3.63) is 96.6 Å². The summed E-state index contributed by atoms with van der Waals surface area (Å²) in [5, 5.41) is 5.81. The molecule has 1 N–H and O–H groups in total. The summed E-state index contributed by atoms with van der Waals surface area (Å²) >= 11 is 0. The standard InChI is InChI=1S/C32H42N2O3Si/c1-25-31(35)34(22-21-33-25)29(20-23-36-24-26-14-8-5-9-15-26)30(32(2,3)4)37-38(27-16-10-6-11-17-27)28-18-12-7-13-19-28/h5-19,25,29-30,33,38H,20-24H2,1-4H3/t25?,29-,30?/m0/s1. The van der Waals surface area contributed by atoms with Gasteiger partial charge in [-0.2, -0.15) is 0 Å². The molecule has 2 unspecified atom stereocenters. The van der Waals surface area contributed by atoms with Crippen LogP contribution in [0.5, 0.6) is 0 Å². The fourth-order valence-corrected chi connectivity index (χ4v) is 7.97. The molecule has 3 aromatic rings. The lowest BCUT2D eigenvalue weighted by atomic mass is 9.82. The van der Waals surface area contributed by atoms with Gasteiger partial charge in [-0.1, -0.05) is 112 Å². The topological polar surface area (TPSA) is 50.8 Å². The van der Waals surface area contributed by atoms with Crippen molar-refractivity contribution >= 4 is 25.3 Å². The Bertz CT molecular complexity index is 1080. The average Bonchev–Trinajstić information content (AvgIpc) is 2.93. The molecule has 5 nitrogen and oxygen atoms in total. The number of rotatable bonds is 11. The van der Waals surface area contributed by atoms with Gasteiger partial charge in [0.2, 0.25) is 14.9 Å². The third-order valence-electron chi connectivity index (χ3n) is 7.22. The van der Waals surface area contributed by atoms with Crippen LogP contribution in [0.15, 0.2) is 91.0 Å². The number of hydrogen-bond acceptors (Lipinski definition) is 4. The lowest BCUT2D eigenvalue weighted by Crippen LogP contribution is -2.63. The van der Waals surface area contributed by atoms with Gasteiger partial charge in [0.25, 0.3) is 0 Å². The molecule has 1 fully saturated rings. The SMILES string of the molecule is CC1NCCN([C@@H](CCOCc2ccccc2)C(O[SiH](c2ccccc2)c2ccccc2)C(C)(C)C)C1=O. The summed E-state index contributed by atoms with van der Waals surface area (Å²) < 4.78 is 13.4. The van der Waals surface area contributed by atoms with Crippen LogP contribution >= 0.6 is 0 Å². The minimum absolute atomic E-state index is 0.0924. The molecule has 202 valence electrons. The number of hydrogen-bond donors (Lipinski definition) is 1. The van der Waals surface area contributed by atoms with E-state index < -0.39 is 9.04 Å². The second kappa shape index (κ2) is 13.3. The van der Waals surface area contributed by atoms with Crippen molar-refractivity contribution in [1.82, 2.24) is 10.2 Å². The summed E-state index contributed by atoms with van der Waals surface area (Å²) in [6.45, 7) is 11.2. The Hall–Kier alpha value is -2.77. The number of amides is 1. The first-order valence-electron chi connectivity index (χ1n) is 13.8. The van der Waals surface area contributed by atoms with Crippen molar-refractivity contribution in [2.75, 3.05) is 19.7 Å². The summed E-state index contributed by atoms with van der Waals surface area (Å²) in [7, 11) is -2.04. The Morgan fingerprint density at radius 2 is 1.47 bits per heavy atom. The van der Waals surface area contributed by atoms with Gasteiger partial charge in [-0.3, -0.25) is 4.79 Å². The third kappa shape index (κ3) is 7.41. The molecule has 1 heterocycles. The first kappa shape index (κ1) is 28.2. The molecule has 0 radical (unpaired) electrons. The second-order valence-corrected chi connectivity index (χ2v) is 13.6. The maximum absolute atomic E-state index is 13.5. The molecular formula is C32H42N2O3Si. The van der Waals surface area contributed by atoms with E-state index >= 15 is 0 Å². The zero-order valence-electron chi connectivity index (χ0n) is 23.2. The van der Waals surface area contributed by atoms with Gasteiger partial charge in [0.05, 0.1) is 24.8 Å². The van der Waals surface area contributed by atoms with Crippen LogP contribution in [0.25, 0.3) is 0 Å². The molecule has 1 amide bonds. The number of ether oxygens (including phenoxy) is 1. The molecule has 1 aliphatic rings. The van der Waals surface area contributed by atoms with Crippen molar-refractivity contribution in [3.63, 3.8) is 0 Å². The van der Waals surface area contributed by atoms with Gasteiger partial charge in [-0.25, -0.2) is 0 Å². The molecule has 3 atom stereocenters. The van der Waals surface area contributed by atoms with E-state index in [-0.39, 0.29) is 29.5 Å². The molecule has 1 saturated heterocycles. The Balaban J connectivity index is 1.63. The number of carbonyl (C=O) groups excluding carboxylic acids is 1. The lowest BCUT2D eigenvalue weighted by molar-refractivity contribution is -0.142. The van der Waals surface area contributed by atoms with E-state index in [2.05, 4.69) is 104 Å². The summed E-state index contributed by atoms with van der Waals surface area (Å²) in [6, 6.07) is 31.1. The Morgan fingerprint density at radius 3 is 2.03 bits per heavy atom. The van der Waals surface area contributed by atoms with Gasteiger partial charge in [0.1, 0.15) is 0 Å². The van der Waals surface area contributed by atoms with Crippen molar-refractivity contribution in [3.8, 4) is 0 Å². The van der Waals surface area contributed by atoms with Crippen LogP contribution in [-0.4, -0.2) is 57.7 Å². The quantitative estimate of drug-likeness (QED) is 0.303. The van der Waals surface area contributed by atoms with Crippen LogP contribution in [-0.2, 0) is 20.6 Å². The molecule has 0 bridgehead atoms. The maximum Gasteiger partial charge on any atom is 0.240 e. The van der Waals surface area contributed by atoms with Crippen LogP contribution in [0.4, 0.5) is 0 Å². The van der Waals surface area contributed by atoms with E-state index in [1.54, 1.807) is 0 Å². The fraction of sp³-hybridized carbons (Fsp3) is 0.406. The predicted molar refractivity (Wildman–Crippen MR) is 157 cm³/mol. The van der Waals surface area contributed by atoms with Crippen molar-refractivity contribution in [2.24, 2.45) is 5.41 Å². The molecule has 0 saturated carbocycles. The highest BCUT2D eigenvalue weighted by atomic mass is 28.3. The van der Waals surface area contributed by atoms with E-state index in [1.807, 2.05) is 25.1 Å². The van der Waals surface area contributed by atoms with Gasteiger partial charge >= 0.3 is 0 Å². The number of piperazine rings is 1. The smallest absolute Gasteiger partial charge is 0.240 e. The maximum atomic E-state index is 13.5. The molecule has 38 heavy (non-hydrogen) atoms. The molecule has 0 aromatic heterocycles. The Morgan fingerprint density at radius 1 is 0.921 bits per heavy atom. The normalized spacial score (nSPS) is 18.0. The zero-order chi connectivity index (χ0) is 27.0. The van der Waals surface area contributed by atoms with E-state index in [9.17, 15) is 4.79 Å². The number of benzene rings is 3. The van der Waals surface area contributed by atoms with Gasteiger partial charge in [0.15, 0.2) is 0 Å². The lowest BCUT2D eigenvalue weighted by Gasteiger charge is -2.46. The van der Waals surface area contributed by atoms with Gasteiger partial charge in [0, 0.05) is 19.7 Å². The molecule has 0 aliphatic carbocycles. The highest BCUT2D eigenvalue weighted by Gasteiger charge is 2.42. The number of nitrogens with zero attached hydrogens (tertiary/aromatic N) is 1. The van der Waals surface area contributed by atoms with Crippen molar-refractivity contribution in [1.29, 1.82) is 0 Å². The van der Waals surface area contributed by atoms with Crippen molar-refractivity contribution < 1.29 is 14.0 Å². The second-order valence-electron chi connectivity index (χ2n) is 11.2. The first-order valence-corrected chi connectivity index (χ1v) is 15.4. The van der Waals surface area contributed by atoms with Crippen LogP contribution < -0.4 is 15.7 Å². The molecule has 1 aliphatic heterocycles. The summed E-state index contributed by atoms with van der Waals surface area (Å²) in [5.41, 5.74) is 0.966. The van der Waals surface area contributed by atoms with E-state index in [1.165, 1.54) is 10.4 Å². The van der Waals surface area contributed by atoms with Gasteiger partial charge < -0.3 is 19.4 Å². The van der Waals surface area contributed by atoms with E-state index in [0.717, 1.165) is 18.5 Å². The monoisotopic (exact) mass is 530 g/mol. The Kier molecular flexibility index (Phi) is 9.91. The number of carbonyl (C=O) groups is 1.